The number of nitrogens with zero attached hydrogens (tertiary/aromatic N) is 1. The van der Waals surface area contributed by atoms with Crippen LogP contribution in [0.3, 0.4) is 0 Å². The molecular weight excluding hydrogens is 306 g/mol. The van der Waals surface area contributed by atoms with Gasteiger partial charge in [-0.05, 0) is 43.0 Å². The molecule has 0 aromatic carbocycles. The summed E-state index contributed by atoms with van der Waals surface area (Å²) < 4.78 is 0. The molecule has 0 fully saturated rings. The maximum Gasteiger partial charge on any atom is 0.191 e. The van der Waals surface area contributed by atoms with Crippen LogP contribution in [-0.2, 0) is 0 Å². The summed E-state index contributed by atoms with van der Waals surface area (Å²) >= 11 is 1.80. The molecule has 4 nitrogen and oxygen atoms in total. The van der Waals surface area contributed by atoms with Crippen LogP contribution in [0.5, 0.6) is 0 Å². The number of aliphatic imine (C=N–C) groups is 1. The van der Waals surface area contributed by atoms with Crippen LogP contribution in [0.2, 0.25) is 0 Å². The second-order valence-electron chi connectivity index (χ2n) is 6.17. The third-order valence-corrected chi connectivity index (χ3v) is 5.77. The number of nitrogens with one attached hydrogen (secondary N) is 2. The molecule has 3 N–H and O–H groups in total. The first kappa shape index (κ1) is 20.0. The lowest BCUT2D eigenvalue weighted by atomic mass is 9.79. The highest BCUT2D eigenvalue weighted by atomic mass is 32.1. The van der Waals surface area contributed by atoms with Crippen molar-refractivity contribution < 1.29 is 5.11 Å². The Bertz CT molecular complexity index is 441. The maximum absolute atomic E-state index is 9.34. The van der Waals surface area contributed by atoms with Gasteiger partial charge in [0.15, 0.2) is 5.96 Å². The standard InChI is InChI=1S/C18H33N3OS/c1-5-18(6-2,10-11-22)14-21-17(19-7-3)20-13-15(4)16-9-8-12-23-16/h8-9,12,15,22H,5-7,10-11,13-14H2,1-4H3,(H2,19,20,21). The van der Waals surface area contributed by atoms with Crippen molar-refractivity contribution in [3.63, 3.8) is 0 Å². The summed E-state index contributed by atoms with van der Waals surface area (Å²) in [7, 11) is 0. The Kier molecular flexibility index (Phi) is 9.26. The highest BCUT2D eigenvalue weighted by molar-refractivity contribution is 7.10. The van der Waals surface area contributed by atoms with Gasteiger partial charge in [-0.2, -0.15) is 0 Å². The fourth-order valence-electron chi connectivity index (χ4n) is 2.65. The predicted octanol–water partition coefficient (Wildman–Crippen LogP) is 3.60. The minimum absolute atomic E-state index is 0.108. The number of aliphatic hydroxyl groups excluding tert-OH is 1. The van der Waals surface area contributed by atoms with Crippen LogP contribution >= 0.6 is 11.3 Å². The molecule has 0 saturated carbocycles. The lowest BCUT2D eigenvalue weighted by Crippen LogP contribution is -2.40. The van der Waals surface area contributed by atoms with Crippen molar-refractivity contribution in [2.24, 2.45) is 10.4 Å². The van der Waals surface area contributed by atoms with E-state index in [1.807, 2.05) is 0 Å². The van der Waals surface area contributed by atoms with E-state index in [4.69, 9.17) is 4.99 Å². The molecule has 0 radical (unpaired) electrons. The first-order chi connectivity index (χ1) is 11.1. The highest BCUT2D eigenvalue weighted by Crippen LogP contribution is 2.30. The van der Waals surface area contributed by atoms with Crippen LogP contribution in [0.25, 0.3) is 0 Å². The minimum Gasteiger partial charge on any atom is -0.396 e. The molecule has 0 amide bonds. The molecule has 132 valence electrons. The molecule has 0 saturated heterocycles. The van der Waals surface area contributed by atoms with Gasteiger partial charge in [-0.15, -0.1) is 11.3 Å². The van der Waals surface area contributed by atoms with Crippen molar-refractivity contribution in [2.45, 2.75) is 52.9 Å². The number of rotatable bonds is 10. The molecule has 0 spiro atoms. The smallest absolute Gasteiger partial charge is 0.191 e. The van der Waals surface area contributed by atoms with E-state index in [1.54, 1.807) is 11.3 Å². The number of aliphatic hydroxyl groups is 1. The van der Waals surface area contributed by atoms with Crippen molar-refractivity contribution in [3.8, 4) is 0 Å². The maximum atomic E-state index is 9.34. The van der Waals surface area contributed by atoms with E-state index in [-0.39, 0.29) is 12.0 Å². The van der Waals surface area contributed by atoms with Crippen LogP contribution in [0.4, 0.5) is 0 Å². The van der Waals surface area contributed by atoms with E-state index < -0.39 is 0 Å². The number of guanidine groups is 1. The summed E-state index contributed by atoms with van der Waals surface area (Å²) in [6, 6.07) is 4.28. The summed E-state index contributed by atoms with van der Waals surface area (Å²) in [6.45, 7) is 11.4. The molecule has 1 unspecified atom stereocenters. The summed E-state index contributed by atoms with van der Waals surface area (Å²) in [4.78, 5) is 6.18. The lowest BCUT2D eigenvalue weighted by molar-refractivity contribution is 0.175. The molecule has 5 heteroatoms. The topological polar surface area (TPSA) is 56.7 Å². The van der Waals surface area contributed by atoms with Crippen LogP contribution in [0.15, 0.2) is 22.5 Å². The Morgan fingerprint density at radius 3 is 2.57 bits per heavy atom. The molecule has 1 rings (SSSR count). The third-order valence-electron chi connectivity index (χ3n) is 4.66. The van der Waals surface area contributed by atoms with Gasteiger partial charge in [-0.1, -0.05) is 26.8 Å². The average molecular weight is 340 g/mol. The van der Waals surface area contributed by atoms with Gasteiger partial charge < -0.3 is 15.7 Å². The molecule has 1 aromatic heterocycles. The van der Waals surface area contributed by atoms with Crippen LogP contribution in [0.1, 0.15) is 57.8 Å². The molecule has 1 atom stereocenters. The van der Waals surface area contributed by atoms with Crippen molar-refractivity contribution in [1.82, 2.24) is 10.6 Å². The molecule has 1 heterocycles. The Balaban J connectivity index is 2.64. The predicted molar refractivity (Wildman–Crippen MR) is 101 cm³/mol. The lowest BCUT2D eigenvalue weighted by Gasteiger charge is -2.29. The van der Waals surface area contributed by atoms with Crippen LogP contribution in [-0.4, -0.2) is 37.3 Å². The normalized spacial score (nSPS) is 13.9. The summed E-state index contributed by atoms with van der Waals surface area (Å²) in [5.74, 6) is 1.35. The molecule has 23 heavy (non-hydrogen) atoms. The van der Waals surface area contributed by atoms with Gasteiger partial charge in [0.25, 0.3) is 0 Å². The zero-order valence-corrected chi connectivity index (χ0v) is 15.9. The molecule has 0 aliphatic rings. The zero-order valence-electron chi connectivity index (χ0n) is 15.1. The Hall–Kier alpha value is -1.07. The van der Waals surface area contributed by atoms with E-state index in [0.717, 1.165) is 44.9 Å². The third kappa shape index (κ3) is 6.51. The van der Waals surface area contributed by atoms with E-state index >= 15 is 0 Å². The van der Waals surface area contributed by atoms with Crippen molar-refractivity contribution in [1.29, 1.82) is 0 Å². The van der Waals surface area contributed by atoms with Crippen molar-refractivity contribution >= 4 is 17.3 Å². The SMILES string of the molecule is CCNC(=NCC(CC)(CC)CCO)NCC(C)c1cccs1. The second kappa shape index (κ2) is 10.7. The average Bonchev–Trinajstić information content (AvgIpc) is 3.10. The minimum atomic E-state index is 0.108. The summed E-state index contributed by atoms with van der Waals surface area (Å²) in [5, 5.41) is 18.2. The van der Waals surface area contributed by atoms with E-state index in [9.17, 15) is 5.11 Å². The summed E-state index contributed by atoms with van der Waals surface area (Å²) in [5.41, 5.74) is 0.108. The number of hydrogen-bond acceptors (Lipinski definition) is 3. The molecule has 0 aliphatic heterocycles. The first-order valence-electron chi connectivity index (χ1n) is 8.77. The highest BCUT2D eigenvalue weighted by Gasteiger charge is 2.25. The molecular formula is C18H33N3OS. The van der Waals surface area contributed by atoms with Crippen molar-refractivity contribution in [2.75, 3.05) is 26.2 Å². The van der Waals surface area contributed by atoms with Gasteiger partial charge in [-0.3, -0.25) is 4.99 Å². The van der Waals surface area contributed by atoms with E-state index in [1.165, 1.54) is 4.88 Å². The van der Waals surface area contributed by atoms with Gasteiger partial charge in [0.1, 0.15) is 0 Å². The number of hydrogen-bond donors (Lipinski definition) is 3. The van der Waals surface area contributed by atoms with Crippen LogP contribution < -0.4 is 10.6 Å². The second-order valence-corrected chi connectivity index (χ2v) is 7.15. The van der Waals surface area contributed by atoms with E-state index in [2.05, 4.69) is 55.8 Å². The molecule has 0 bridgehead atoms. The first-order valence-corrected chi connectivity index (χ1v) is 9.65. The quantitative estimate of drug-likeness (QED) is 0.451. The molecule has 1 aromatic rings. The Morgan fingerprint density at radius 2 is 2.04 bits per heavy atom. The summed E-state index contributed by atoms with van der Waals surface area (Å²) in [6.07, 6.45) is 2.89. The van der Waals surface area contributed by atoms with Gasteiger partial charge in [0, 0.05) is 37.0 Å². The fourth-order valence-corrected chi connectivity index (χ4v) is 3.44. The fraction of sp³-hybridized carbons (Fsp3) is 0.722. The Labute approximate surface area is 145 Å². The van der Waals surface area contributed by atoms with Crippen LogP contribution in [0, 0.1) is 5.41 Å². The molecule has 0 aliphatic carbocycles. The van der Waals surface area contributed by atoms with Gasteiger partial charge >= 0.3 is 0 Å². The van der Waals surface area contributed by atoms with Gasteiger partial charge in [0.2, 0.25) is 0 Å². The largest absolute Gasteiger partial charge is 0.396 e. The monoisotopic (exact) mass is 339 g/mol. The van der Waals surface area contributed by atoms with Crippen molar-refractivity contribution in [3.05, 3.63) is 22.4 Å². The van der Waals surface area contributed by atoms with Gasteiger partial charge in [-0.25, -0.2) is 0 Å². The number of thiophene rings is 1. The van der Waals surface area contributed by atoms with E-state index in [0.29, 0.717) is 5.92 Å². The zero-order chi connectivity index (χ0) is 17.1. The van der Waals surface area contributed by atoms with Gasteiger partial charge in [0.05, 0.1) is 0 Å². The Morgan fingerprint density at radius 1 is 1.30 bits per heavy atom.